The van der Waals surface area contributed by atoms with Crippen LogP contribution < -0.4 is 20.7 Å². The molecule has 0 bridgehead atoms. The van der Waals surface area contributed by atoms with Crippen molar-refractivity contribution in [3.05, 3.63) is 42.0 Å². The predicted molar refractivity (Wildman–Crippen MR) is 113 cm³/mol. The molecule has 0 aliphatic carbocycles. The standard InChI is InChI=1S/C20H25N3O4.C2HF3O2/c24-18-14-5-1-2-6-17(14)27-9-4-3-8-20(12-21-13-20)19(25)23-16-11-26-10-7-15(16)22-18;3-2(4,5)1(6)7/h1-6,15-16,21H,7-13H2,(H,22,24)(H,23,25);(H,6,7)/b4-3+;/t15-,16+;/m0./s1. The van der Waals surface area contributed by atoms with Crippen LogP contribution >= 0.6 is 0 Å². The minimum Gasteiger partial charge on any atom is -0.489 e. The molecule has 2 fully saturated rings. The number of halogens is 3. The van der Waals surface area contributed by atoms with Gasteiger partial charge in [-0.3, -0.25) is 9.59 Å². The number of benzene rings is 1. The van der Waals surface area contributed by atoms with E-state index in [2.05, 4.69) is 16.0 Å². The zero-order valence-electron chi connectivity index (χ0n) is 18.2. The van der Waals surface area contributed by atoms with Crippen LogP contribution in [0.5, 0.6) is 5.75 Å². The Bertz CT molecular complexity index is 933. The Morgan fingerprint density at radius 2 is 1.79 bits per heavy atom. The number of fused-ring (bicyclic) bond motifs is 2. The van der Waals surface area contributed by atoms with Crippen molar-refractivity contribution in [2.45, 2.75) is 31.1 Å². The number of rotatable bonds is 0. The molecule has 1 aromatic rings. The Morgan fingerprint density at radius 1 is 1.09 bits per heavy atom. The molecule has 2 amide bonds. The van der Waals surface area contributed by atoms with Crippen molar-refractivity contribution < 1.29 is 42.1 Å². The second-order valence-electron chi connectivity index (χ2n) is 8.19. The van der Waals surface area contributed by atoms with Crippen LogP contribution in [0.1, 0.15) is 23.2 Å². The van der Waals surface area contributed by atoms with Gasteiger partial charge in [0.25, 0.3) is 5.91 Å². The highest BCUT2D eigenvalue weighted by Crippen LogP contribution is 2.29. The highest BCUT2D eigenvalue weighted by atomic mass is 19.4. The molecule has 2 atom stereocenters. The van der Waals surface area contributed by atoms with E-state index in [1.54, 1.807) is 12.1 Å². The molecule has 1 aromatic carbocycles. The lowest BCUT2D eigenvalue weighted by atomic mass is 9.77. The van der Waals surface area contributed by atoms with Crippen LogP contribution in [0.25, 0.3) is 0 Å². The SMILES string of the molecule is O=C(O)C(F)(F)F.O=C1N[C@H]2CCOC[C@H]2NC(=O)C2(C/C=C/COc3ccccc31)CNC2. The zero-order chi connectivity index (χ0) is 24.8. The summed E-state index contributed by atoms with van der Waals surface area (Å²) in [7, 11) is 0. The Morgan fingerprint density at radius 3 is 2.44 bits per heavy atom. The summed E-state index contributed by atoms with van der Waals surface area (Å²) in [4.78, 5) is 34.7. The number of allylic oxidation sites excluding steroid dienone is 1. The maximum atomic E-state index is 12.9. The summed E-state index contributed by atoms with van der Waals surface area (Å²) in [5, 5.41) is 16.5. The minimum atomic E-state index is -5.08. The van der Waals surface area contributed by atoms with Gasteiger partial charge in [-0.1, -0.05) is 24.3 Å². The van der Waals surface area contributed by atoms with E-state index >= 15 is 0 Å². The van der Waals surface area contributed by atoms with Gasteiger partial charge in [0.15, 0.2) is 0 Å². The molecule has 34 heavy (non-hydrogen) atoms. The summed E-state index contributed by atoms with van der Waals surface area (Å²) >= 11 is 0. The van der Waals surface area contributed by atoms with Crippen molar-refractivity contribution in [2.75, 3.05) is 32.9 Å². The number of para-hydroxylation sites is 1. The average molecular weight is 485 g/mol. The quantitative estimate of drug-likeness (QED) is 0.408. The van der Waals surface area contributed by atoms with Crippen LogP contribution in [-0.2, 0) is 14.3 Å². The maximum Gasteiger partial charge on any atom is 0.490 e. The Hall–Kier alpha value is -3.12. The summed E-state index contributed by atoms with van der Waals surface area (Å²) in [5.41, 5.74) is 0.0593. The molecule has 1 spiro atoms. The highest BCUT2D eigenvalue weighted by Gasteiger charge is 2.45. The number of hydrogen-bond donors (Lipinski definition) is 4. The summed E-state index contributed by atoms with van der Waals surface area (Å²) in [6, 6.07) is 6.81. The van der Waals surface area contributed by atoms with E-state index in [0.29, 0.717) is 57.1 Å². The van der Waals surface area contributed by atoms with Gasteiger partial charge in [0.1, 0.15) is 12.4 Å². The van der Waals surface area contributed by atoms with Crippen LogP contribution in [0.15, 0.2) is 36.4 Å². The molecule has 12 heteroatoms. The summed E-state index contributed by atoms with van der Waals surface area (Å²) in [6.07, 6.45) is 0.121. The fraction of sp³-hybridized carbons (Fsp3) is 0.500. The van der Waals surface area contributed by atoms with E-state index in [1.165, 1.54) is 0 Å². The molecule has 3 heterocycles. The van der Waals surface area contributed by atoms with E-state index in [1.807, 2.05) is 24.3 Å². The van der Waals surface area contributed by atoms with Gasteiger partial charge in [0, 0.05) is 19.7 Å². The fourth-order valence-electron chi connectivity index (χ4n) is 3.74. The number of carbonyl (C=O) groups excluding carboxylic acids is 2. The molecule has 0 radical (unpaired) electrons. The number of amides is 2. The van der Waals surface area contributed by atoms with Gasteiger partial charge in [0.05, 0.1) is 29.7 Å². The minimum absolute atomic E-state index is 0.0130. The summed E-state index contributed by atoms with van der Waals surface area (Å²) in [6.45, 7) is 2.61. The van der Waals surface area contributed by atoms with Crippen molar-refractivity contribution in [3.63, 3.8) is 0 Å². The van der Waals surface area contributed by atoms with Gasteiger partial charge in [-0.05, 0) is 25.0 Å². The van der Waals surface area contributed by atoms with Gasteiger partial charge in [-0.15, -0.1) is 0 Å². The van der Waals surface area contributed by atoms with Crippen LogP contribution in [0.3, 0.4) is 0 Å². The molecular formula is C22H26F3N3O6. The van der Waals surface area contributed by atoms with Crippen LogP contribution in [-0.4, -0.2) is 74.1 Å². The third-order valence-electron chi connectivity index (χ3n) is 5.78. The first-order chi connectivity index (χ1) is 16.1. The van der Waals surface area contributed by atoms with Gasteiger partial charge in [-0.25, -0.2) is 4.79 Å². The van der Waals surface area contributed by atoms with Crippen molar-refractivity contribution in [1.29, 1.82) is 0 Å². The number of hydrogen-bond acceptors (Lipinski definition) is 6. The summed E-state index contributed by atoms with van der Waals surface area (Å²) in [5.74, 6) is -2.38. The molecule has 0 unspecified atom stereocenters. The molecule has 3 aliphatic heterocycles. The molecule has 186 valence electrons. The fourth-order valence-corrected chi connectivity index (χ4v) is 3.74. The number of nitrogens with one attached hydrogen (secondary N) is 3. The number of carboxylic acid groups (broad SMARTS) is 1. The van der Waals surface area contributed by atoms with Crippen LogP contribution in [0.4, 0.5) is 13.2 Å². The second kappa shape index (κ2) is 10.9. The lowest BCUT2D eigenvalue weighted by Crippen LogP contribution is -2.65. The predicted octanol–water partition coefficient (Wildman–Crippen LogP) is 1.25. The Labute approximate surface area is 193 Å². The highest BCUT2D eigenvalue weighted by molar-refractivity contribution is 5.97. The van der Waals surface area contributed by atoms with Crippen molar-refractivity contribution in [1.82, 2.24) is 16.0 Å². The monoisotopic (exact) mass is 485 g/mol. The third-order valence-corrected chi connectivity index (χ3v) is 5.78. The van der Waals surface area contributed by atoms with E-state index in [0.717, 1.165) is 0 Å². The van der Waals surface area contributed by atoms with Crippen LogP contribution in [0, 0.1) is 5.41 Å². The van der Waals surface area contributed by atoms with Crippen molar-refractivity contribution in [3.8, 4) is 5.75 Å². The first-order valence-corrected chi connectivity index (χ1v) is 10.7. The Balaban J connectivity index is 0.000000406. The van der Waals surface area contributed by atoms with Crippen molar-refractivity contribution >= 4 is 17.8 Å². The normalized spacial score (nSPS) is 25.4. The largest absolute Gasteiger partial charge is 0.490 e. The first kappa shape index (κ1) is 25.5. The summed E-state index contributed by atoms with van der Waals surface area (Å²) < 4.78 is 43.1. The first-order valence-electron chi connectivity index (χ1n) is 10.7. The van der Waals surface area contributed by atoms with E-state index in [4.69, 9.17) is 19.4 Å². The maximum absolute atomic E-state index is 12.9. The topological polar surface area (TPSA) is 126 Å². The van der Waals surface area contributed by atoms with Gasteiger partial charge >= 0.3 is 12.1 Å². The molecule has 0 aromatic heterocycles. The van der Waals surface area contributed by atoms with Gasteiger partial charge < -0.3 is 30.5 Å². The number of ether oxygens (including phenoxy) is 2. The lowest BCUT2D eigenvalue weighted by Gasteiger charge is -2.43. The number of alkyl halides is 3. The van der Waals surface area contributed by atoms with Crippen LogP contribution in [0.2, 0.25) is 0 Å². The van der Waals surface area contributed by atoms with Gasteiger partial charge in [0.2, 0.25) is 5.91 Å². The van der Waals surface area contributed by atoms with Crippen molar-refractivity contribution in [2.24, 2.45) is 5.41 Å². The van der Waals surface area contributed by atoms with E-state index < -0.39 is 17.6 Å². The molecule has 4 N–H and O–H groups in total. The number of carboxylic acids is 1. The van der Waals surface area contributed by atoms with E-state index in [-0.39, 0.29) is 23.9 Å². The molecule has 2 saturated heterocycles. The molecule has 4 rings (SSSR count). The lowest BCUT2D eigenvalue weighted by molar-refractivity contribution is -0.192. The average Bonchev–Trinajstić information content (AvgIpc) is 2.76. The molecule has 9 nitrogen and oxygen atoms in total. The zero-order valence-corrected chi connectivity index (χ0v) is 18.2. The smallest absolute Gasteiger partial charge is 0.489 e. The van der Waals surface area contributed by atoms with Gasteiger partial charge in [-0.2, -0.15) is 13.2 Å². The Kier molecular flexibility index (Phi) is 8.15. The van der Waals surface area contributed by atoms with E-state index in [9.17, 15) is 22.8 Å². The second-order valence-corrected chi connectivity index (χ2v) is 8.19. The number of aliphatic carboxylic acids is 1. The number of carbonyl (C=O) groups is 3. The molecule has 3 aliphatic rings. The molecular weight excluding hydrogens is 459 g/mol. The molecule has 0 saturated carbocycles. The third kappa shape index (κ3) is 6.26.